The Morgan fingerprint density at radius 3 is 2.38 bits per heavy atom. The second-order valence-corrected chi connectivity index (χ2v) is 6.06. The number of amides is 1. The second-order valence-electron chi connectivity index (χ2n) is 6.06. The average Bonchev–Trinajstić information content (AvgIpc) is 2.56. The monoisotopic (exact) mass is 327 g/mol. The Hall–Kier alpha value is -2.49. The number of ether oxygens (including phenoxy) is 2. The van der Waals surface area contributed by atoms with E-state index in [2.05, 4.69) is 5.32 Å². The van der Waals surface area contributed by atoms with Crippen molar-refractivity contribution in [2.24, 2.45) is 0 Å². The number of hydrogen-bond acceptors (Lipinski definition) is 3. The molecule has 0 aliphatic heterocycles. The highest BCUT2D eigenvalue weighted by Crippen LogP contribution is 2.18. The summed E-state index contributed by atoms with van der Waals surface area (Å²) >= 11 is 0. The maximum Gasteiger partial charge on any atom is 0.261 e. The molecule has 0 aromatic heterocycles. The van der Waals surface area contributed by atoms with E-state index in [1.165, 1.54) is 5.56 Å². The van der Waals surface area contributed by atoms with Crippen LogP contribution in [0.25, 0.3) is 0 Å². The van der Waals surface area contributed by atoms with Crippen LogP contribution in [0, 0.1) is 13.8 Å². The summed E-state index contributed by atoms with van der Waals surface area (Å²) in [4.78, 5) is 12.2. The lowest BCUT2D eigenvalue weighted by Crippen LogP contribution is -2.43. The summed E-state index contributed by atoms with van der Waals surface area (Å²) in [6.45, 7) is 8.05. The van der Waals surface area contributed by atoms with Gasteiger partial charge >= 0.3 is 0 Å². The SMILES string of the molecule is Cc1ccc(OCC(C)NC(=O)C(C)Oc2ccccc2C)cc1. The summed E-state index contributed by atoms with van der Waals surface area (Å²) in [5.41, 5.74) is 2.19. The lowest BCUT2D eigenvalue weighted by atomic mass is 10.2. The summed E-state index contributed by atoms with van der Waals surface area (Å²) in [5.74, 6) is 1.37. The Balaban J connectivity index is 1.80. The van der Waals surface area contributed by atoms with Gasteiger partial charge in [-0.25, -0.2) is 0 Å². The Labute approximate surface area is 143 Å². The van der Waals surface area contributed by atoms with Gasteiger partial charge in [-0.3, -0.25) is 4.79 Å². The molecule has 1 N–H and O–H groups in total. The number of hydrogen-bond donors (Lipinski definition) is 1. The van der Waals surface area contributed by atoms with E-state index in [1.54, 1.807) is 6.92 Å². The van der Waals surface area contributed by atoms with Gasteiger partial charge in [0.1, 0.15) is 18.1 Å². The molecule has 0 heterocycles. The molecule has 1 amide bonds. The van der Waals surface area contributed by atoms with Crippen LogP contribution >= 0.6 is 0 Å². The first-order chi connectivity index (χ1) is 11.5. The van der Waals surface area contributed by atoms with Gasteiger partial charge in [-0.05, 0) is 51.5 Å². The van der Waals surface area contributed by atoms with Crippen LogP contribution in [0.4, 0.5) is 0 Å². The van der Waals surface area contributed by atoms with Gasteiger partial charge in [0, 0.05) is 0 Å². The van der Waals surface area contributed by atoms with Gasteiger partial charge in [-0.2, -0.15) is 0 Å². The topological polar surface area (TPSA) is 47.6 Å². The number of nitrogens with one attached hydrogen (secondary N) is 1. The summed E-state index contributed by atoms with van der Waals surface area (Å²) in [6.07, 6.45) is -0.562. The van der Waals surface area contributed by atoms with Crippen molar-refractivity contribution in [2.45, 2.75) is 39.8 Å². The minimum absolute atomic E-state index is 0.110. The fourth-order valence-electron chi connectivity index (χ4n) is 2.19. The summed E-state index contributed by atoms with van der Waals surface area (Å²) < 4.78 is 11.4. The fraction of sp³-hybridized carbons (Fsp3) is 0.350. The van der Waals surface area contributed by atoms with E-state index in [0.29, 0.717) is 6.61 Å². The molecule has 0 radical (unpaired) electrons. The number of aryl methyl sites for hydroxylation is 2. The van der Waals surface area contributed by atoms with Crippen LogP contribution in [-0.4, -0.2) is 24.7 Å². The van der Waals surface area contributed by atoms with E-state index in [1.807, 2.05) is 69.3 Å². The maximum atomic E-state index is 12.2. The lowest BCUT2D eigenvalue weighted by Gasteiger charge is -2.20. The molecule has 2 aromatic carbocycles. The first-order valence-corrected chi connectivity index (χ1v) is 8.18. The number of benzene rings is 2. The van der Waals surface area contributed by atoms with Crippen LogP contribution in [0.3, 0.4) is 0 Å². The van der Waals surface area contributed by atoms with Crippen LogP contribution < -0.4 is 14.8 Å². The largest absolute Gasteiger partial charge is 0.491 e. The predicted molar refractivity (Wildman–Crippen MR) is 95.5 cm³/mol. The van der Waals surface area contributed by atoms with Crippen molar-refractivity contribution < 1.29 is 14.3 Å². The fourth-order valence-corrected chi connectivity index (χ4v) is 2.19. The average molecular weight is 327 g/mol. The quantitative estimate of drug-likeness (QED) is 0.844. The number of carbonyl (C=O) groups excluding carboxylic acids is 1. The van der Waals surface area contributed by atoms with Crippen LogP contribution in [0.2, 0.25) is 0 Å². The molecule has 0 aliphatic carbocycles. The van der Waals surface area contributed by atoms with Gasteiger partial charge < -0.3 is 14.8 Å². The number of carbonyl (C=O) groups is 1. The Bertz CT molecular complexity index is 667. The molecule has 0 saturated heterocycles. The Morgan fingerprint density at radius 2 is 1.71 bits per heavy atom. The van der Waals surface area contributed by atoms with E-state index in [4.69, 9.17) is 9.47 Å². The minimum atomic E-state index is -0.562. The zero-order valence-corrected chi connectivity index (χ0v) is 14.7. The molecule has 0 saturated carbocycles. The van der Waals surface area contributed by atoms with E-state index in [-0.39, 0.29) is 11.9 Å². The van der Waals surface area contributed by atoms with E-state index in [0.717, 1.165) is 17.1 Å². The van der Waals surface area contributed by atoms with E-state index < -0.39 is 6.10 Å². The molecule has 2 aromatic rings. The standard InChI is InChI=1S/C20H25NO3/c1-14-9-11-18(12-10-14)23-13-16(3)21-20(22)17(4)24-19-8-6-5-7-15(19)2/h5-12,16-17H,13H2,1-4H3,(H,21,22). The van der Waals surface area contributed by atoms with Crippen LogP contribution in [0.1, 0.15) is 25.0 Å². The van der Waals surface area contributed by atoms with Crippen molar-refractivity contribution in [3.63, 3.8) is 0 Å². The molecular formula is C20H25NO3. The zero-order valence-electron chi connectivity index (χ0n) is 14.7. The number of rotatable bonds is 7. The summed E-state index contributed by atoms with van der Waals surface area (Å²) in [6, 6.07) is 15.4. The van der Waals surface area contributed by atoms with Crippen molar-refractivity contribution in [3.8, 4) is 11.5 Å². The van der Waals surface area contributed by atoms with E-state index >= 15 is 0 Å². The molecule has 2 atom stereocenters. The Morgan fingerprint density at radius 1 is 1.04 bits per heavy atom. The third kappa shape index (κ3) is 5.30. The van der Waals surface area contributed by atoms with Gasteiger partial charge in [0.15, 0.2) is 6.10 Å². The third-order valence-electron chi connectivity index (χ3n) is 3.68. The van der Waals surface area contributed by atoms with Gasteiger partial charge in [-0.1, -0.05) is 35.9 Å². The summed E-state index contributed by atoms with van der Waals surface area (Å²) in [7, 11) is 0. The highest BCUT2D eigenvalue weighted by molar-refractivity contribution is 5.81. The molecule has 128 valence electrons. The molecule has 0 aliphatic rings. The second kappa shape index (κ2) is 8.39. The highest BCUT2D eigenvalue weighted by Gasteiger charge is 2.17. The molecule has 2 rings (SSSR count). The van der Waals surface area contributed by atoms with E-state index in [9.17, 15) is 4.79 Å². The van der Waals surface area contributed by atoms with Crippen molar-refractivity contribution >= 4 is 5.91 Å². The molecule has 4 heteroatoms. The van der Waals surface area contributed by atoms with Crippen LogP contribution in [-0.2, 0) is 4.79 Å². The van der Waals surface area contributed by atoms with Gasteiger partial charge in [0.05, 0.1) is 6.04 Å². The Kier molecular flexibility index (Phi) is 6.24. The predicted octanol–water partition coefficient (Wildman–Crippen LogP) is 3.65. The molecule has 0 bridgehead atoms. The molecular weight excluding hydrogens is 302 g/mol. The number of para-hydroxylation sites is 1. The molecule has 0 spiro atoms. The maximum absolute atomic E-state index is 12.2. The van der Waals surface area contributed by atoms with Crippen molar-refractivity contribution in [2.75, 3.05) is 6.61 Å². The van der Waals surface area contributed by atoms with Crippen molar-refractivity contribution in [3.05, 3.63) is 59.7 Å². The van der Waals surface area contributed by atoms with Crippen LogP contribution in [0.15, 0.2) is 48.5 Å². The van der Waals surface area contributed by atoms with Crippen LogP contribution in [0.5, 0.6) is 11.5 Å². The molecule has 24 heavy (non-hydrogen) atoms. The summed E-state index contributed by atoms with van der Waals surface area (Å²) in [5, 5.41) is 2.91. The normalized spacial score (nSPS) is 13.0. The van der Waals surface area contributed by atoms with Gasteiger partial charge in [0.25, 0.3) is 5.91 Å². The molecule has 0 fully saturated rings. The third-order valence-corrected chi connectivity index (χ3v) is 3.68. The molecule has 4 nitrogen and oxygen atoms in total. The first-order valence-electron chi connectivity index (χ1n) is 8.18. The zero-order chi connectivity index (χ0) is 17.5. The smallest absolute Gasteiger partial charge is 0.261 e. The lowest BCUT2D eigenvalue weighted by molar-refractivity contribution is -0.128. The minimum Gasteiger partial charge on any atom is -0.491 e. The van der Waals surface area contributed by atoms with Gasteiger partial charge in [0.2, 0.25) is 0 Å². The van der Waals surface area contributed by atoms with Gasteiger partial charge in [-0.15, -0.1) is 0 Å². The van der Waals surface area contributed by atoms with Crippen molar-refractivity contribution in [1.82, 2.24) is 5.32 Å². The highest BCUT2D eigenvalue weighted by atomic mass is 16.5. The molecule has 2 unspecified atom stereocenters. The first kappa shape index (κ1) is 17.9. The van der Waals surface area contributed by atoms with Crippen molar-refractivity contribution in [1.29, 1.82) is 0 Å².